The molecular formula is C17H17N3O6. The summed E-state index contributed by atoms with van der Waals surface area (Å²) in [5, 5.41) is 15.9. The van der Waals surface area contributed by atoms with Gasteiger partial charge in [-0.2, -0.15) is 0 Å². The van der Waals surface area contributed by atoms with Crippen LogP contribution in [0.5, 0.6) is 11.5 Å². The van der Waals surface area contributed by atoms with Gasteiger partial charge in [0.25, 0.3) is 17.5 Å². The van der Waals surface area contributed by atoms with Gasteiger partial charge in [-0.1, -0.05) is 6.07 Å². The van der Waals surface area contributed by atoms with Crippen molar-refractivity contribution in [2.24, 2.45) is 0 Å². The van der Waals surface area contributed by atoms with Crippen molar-refractivity contribution in [2.75, 3.05) is 26.1 Å². The van der Waals surface area contributed by atoms with Gasteiger partial charge in [-0.25, -0.2) is 0 Å². The van der Waals surface area contributed by atoms with Crippen molar-refractivity contribution >= 4 is 23.2 Å². The first-order valence-corrected chi connectivity index (χ1v) is 7.52. The van der Waals surface area contributed by atoms with Crippen LogP contribution in [-0.4, -0.2) is 37.5 Å². The number of amides is 2. The summed E-state index contributed by atoms with van der Waals surface area (Å²) < 4.78 is 10.4. The smallest absolute Gasteiger partial charge is 0.273 e. The number of ether oxygens (including phenoxy) is 2. The number of rotatable bonds is 7. The molecule has 2 rings (SSSR count). The third-order valence-electron chi connectivity index (χ3n) is 3.35. The maximum absolute atomic E-state index is 12.0. The molecule has 0 atom stereocenters. The van der Waals surface area contributed by atoms with Crippen molar-refractivity contribution in [3.05, 3.63) is 58.1 Å². The summed E-state index contributed by atoms with van der Waals surface area (Å²) in [6.07, 6.45) is 0. The minimum atomic E-state index is -0.573. The molecule has 0 aliphatic heterocycles. The summed E-state index contributed by atoms with van der Waals surface area (Å²) in [6.45, 7) is -0.387. The molecule has 9 nitrogen and oxygen atoms in total. The van der Waals surface area contributed by atoms with Crippen molar-refractivity contribution in [1.82, 2.24) is 5.32 Å². The van der Waals surface area contributed by atoms with Crippen LogP contribution in [0.4, 0.5) is 11.4 Å². The molecule has 0 saturated carbocycles. The first kappa shape index (κ1) is 18.7. The largest absolute Gasteiger partial charge is 0.493 e. The summed E-state index contributed by atoms with van der Waals surface area (Å²) in [6, 6.07) is 10.2. The number of carbonyl (C=O) groups is 2. The highest BCUT2D eigenvalue weighted by molar-refractivity contribution is 5.97. The van der Waals surface area contributed by atoms with Gasteiger partial charge in [0.1, 0.15) is 0 Å². The molecule has 0 heterocycles. The molecule has 0 fully saturated rings. The fourth-order valence-electron chi connectivity index (χ4n) is 2.11. The lowest BCUT2D eigenvalue weighted by molar-refractivity contribution is -0.385. The van der Waals surface area contributed by atoms with Crippen molar-refractivity contribution in [2.45, 2.75) is 0 Å². The van der Waals surface area contributed by atoms with E-state index in [9.17, 15) is 19.7 Å². The van der Waals surface area contributed by atoms with Crippen molar-refractivity contribution < 1.29 is 24.0 Å². The number of hydrogen-bond donors (Lipinski definition) is 2. The Hall–Kier alpha value is -3.62. The molecule has 0 aromatic heterocycles. The summed E-state index contributed by atoms with van der Waals surface area (Å²) in [5.74, 6) is -0.424. The molecule has 136 valence electrons. The normalized spacial score (nSPS) is 9.92. The Labute approximate surface area is 149 Å². The van der Waals surface area contributed by atoms with Crippen molar-refractivity contribution in [1.29, 1.82) is 0 Å². The van der Waals surface area contributed by atoms with Gasteiger partial charge in [-0.05, 0) is 24.3 Å². The summed E-state index contributed by atoms with van der Waals surface area (Å²) in [5.41, 5.74) is 0.636. The van der Waals surface area contributed by atoms with Gasteiger partial charge in [-0.15, -0.1) is 0 Å². The lowest BCUT2D eigenvalue weighted by Crippen LogP contribution is -2.21. The van der Waals surface area contributed by atoms with E-state index in [4.69, 9.17) is 9.47 Å². The summed E-state index contributed by atoms with van der Waals surface area (Å²) >= 11 is 0. The van der Waals surface area contributed by atoms with Crippen LogP contribution >= 0.6 is 0 Å². The first-order chi connectivity index (χ1) is 12.4. The minimum absolute atomic E-state index is 0.0796. The van der Waals surface area contributed by atoms with Crippen LogP contribution in [0, 0.1) is 10.1 Å². The molecule has 2 aromatic carbocycles. The maximum atomic E-state index is 12.0. The van der Waals surface area contributed by atoms with E-state index in [0.717, 1.165) is 0 Å². The van der Waals surface area contributed by atoms with E-state index in [1.54, 1.807) is 18.2 Å². The van der Waals surface area contributed by atoms with Crippen molar-refractivity contribution in [3.63, 3.8) is 0 Å². The summed E-state index contributed by atoms with van der Waals surface area (Å²) in [4.78, 5) is 33.9. The molecule has 2 N–H and O–H groups in total. The van der Waals surface area contributed by atoms with E-state index in [0.29, 0.717) is 11.3 Å². The third-order valence-corrected chi connectivity index (χ3v) is 3.35. The number of hydrogen-bond acceptors (Lipinski definition) is 6. The Bertz CT molecular complexity index is 837. The molecule has 0 saturated heterocycles. The minimum Gasteiger partial charge on any atom is -0.493 e. The quantitative estimate of drug-likeness (QED) is 0.576. The van der Waals surface area contributed by atoms with Crippen LogP contribution < -0.4 is 20.1 Å². The van der Waals surface area contributed by atoms with Gasteiger partial charge in [-0.3, -0.25) is 19.7 Å². The molecule has 0 aliphatic rings. The monoisotopic (exact) mass is 359 g/mol. The topological polar surface area (TPSA) is 120 Å². The molecule has 0 radical (unpaired) electrons. The zero-order valence-electron chi connectivity index (χ0n) is 14.1. The first-order valence-electron chi connectivity index (χ1n) is 7.52. The van der Waals surface area contributed by atoms with Gasteiger partial charge < -0.3 is 20.1 Å². The highest BCUT2D eigenvalue weighted by Gasteiger charge is 2.14. The fourth-order valence-corrected chi connectivity index (χ4v) is 2.11. The van der Waals surface area contributed by atoms with Gasteiger partial charge in [0.15, 0.2) is 18.1 Å². The molecule has 0 unspecified atom stereocenters. The van der Waals surface area contributed by atoms with E-state index in [-0.39, 0.29) is 29.7 Å². The Morgan fingerprint density at radius 3 is 2.58 bits per heavy atom. The van der Waals surface area contributed by atoms with Crippen LogP contribution in [0.2, 0.25) is 0 Å². The predicted octanol–water partition coefficient (Wildman–Crippen LogP) is 1.98. The van der Waals surface area contributed by atoms with E-state index >= 15 is 0 Å². The molecule has 0 aliphatic carbocycles. The van der Waals surface area contributed by atoms with Crippen LogP contribution in [0.25, 0.3) is 0 Å². The zero-order valence-corrected chi connectivity index (χ0v) is 14.1. The maximum Gasteiger partial charge on any atom is 0.273 e. The molecule has 0 bridgehead atoms. The molecular weight excluding hydrogens is 342 g/mol. The zero-order chi connectivity index (χ0) is 19.1. The lowest BCUT2D eigenvalue weighted by atomic mass is 10.2. The van der Waals surface area contributed by atoms with E-state index in [1.807, 2.05) is 0 Å². The second kappa shape index (κ2) is 8.47. The highest BCUT2D eigenvalue weighted by Crippen LogP contribution is 2.31. The second-order valence-corrected chi connectivity index (χ2v) is 5.09. The van der Waals surface area contributed by atoms with Crippen molar-refractivity contribution in [3.8, 4) is 11.5 Å². The number of carbonyl (C=O) groups excluding carboxylic acids is 2. The number of anilines is 1. The SMILES string of the molecule is CNC(=O)c1cccc(NC(=O)COc2cc([N+](=O)[O-])ccc2OC)c1. The fraction of sp³-hybridized carbons (Fsp3) is 0.176. The van der Waals surface area contributed by atoms with E-state index < -0.39 is 10.8 Å². The van der Waals surface area contributed by atoms with Crippen LogP contribution in [0.3, 0.4) is 0 Å². The third kappa shape index (κ3) is 4.69. The van der Waals surface area contributed by atoms with E-state index in [2.05, 4.69) is 10.6 Å². The Kier molecular flexibility index (Phi) is 6.10. The van der Waals surface area contributed by atoms with Crippen LogP contribution in [0.1, 0.15) is 10.4 Å². The molecule has 2 aromatic rings. The number of nitrogens with one attached hydrogen (secondary N) is 2. The summed E-state index contributed by atoms with van der Waals surface area (Å²) in [7, 11) is 2.90. The predicted molar refractivity (Wildman–Crippen MR) is 93.6 cm³/mol. The average molecular weight is 359 g/mol. The van der Waals surface area contributed by atoms with Gasteiger partial charge in [0.05, 0.1) is 18.1 Å². The van der Waals surface area contributed by atoms with E-state index in [1.165, 1.54) is 38.4 Å². The molecule has 26 heavy (non-hydrogen) atoms. The number of nitro benzene ring substituents is 1. The number of non-ortho nitro benzene ring substituents is 1. The van der Waals surface area contributed by atoms with Crippen LogP contribution in [0.15, 0.2) is 42.5 Å². The highest BCUT2D eigenvalue weighted by atomic mass is 16.6. The Morgan fingerprint density at radius 1 is 1.15 bits per heavy atom. The lowest BCUT2D eigenvalue weighted by Gasteiger charge is -2.11. The number of methoxy groups -OCH3 is 1. The standard InChI is InChI=1S/C17H17N3O6/c1-18-17(22)11-4-3-5-12(8-11)19-16(21)10-26-15-9-13(20(23)24)6-7-14(15)25-2/h3-9H,10H2,1-2H3,(H,18,22)(H,19,21). The molecule has 0 spiro atoms. The van der Waals surface area contributed by atoms with Gasteiger partial charge >= 0.3 is 0 Å². The average Bonchev–Trinajstić information content (AvgIpc) is 2.65. The number of benzene rings is 2. The van der Waals surface area contributed by atoms with Crippen LogP contribution in [-0.2, 0) is 4.79 Å². The number of nitro groups is 1. The molecule has 2 amide bonds. The molecule has 9 heteroatoms. The Morgan fingerprint density at radius 2 is 1.92 bits per heavy atom. The Balaban J connectivity index is 2.04. The number of nitrogens with zero attached hydrogens (tertiary/aromatic N) is 1. The van der Waals surface area contributed by atoms with Gasteiger partial charge in [0, 0.05) is 24.4 Å². The van der Waals surface area contributed by atoms with Gasteiger partial charge in [0.2, 0.25) is 0 Å². The second-order valence-electron chi connectivity index (χ2n) is 5.09.